The minimum absolute atomic E-state index is 0.0155. The molecule has 1 amide bonds. The zero-order valence-electron chi connectivity index (χ0n) is 18.3. The van der Waals surface area contributed by atoms with Crippen LogP contribution in [0.4, 0.5) is 5.13 Å². The predicted octanol–water partition coefficient (Wildman–Crippen LogP) is 5.40. The van der Waals surface area contributed by atoms with Crippen molar-refractivity contribution in [3.05, 3.63) is 18.2 Å². The Labute approximate surface area is 184 Å². The van der Waals surface area contributed by atoms with Crippen LogP contribution in [-0.2, 0) is 14.8 Å². The normalized spacial score (nSPS) is 16.1. The van der Waals surface area contributed by atoms with Crippen LogP contribution < -0.4 is 5.32 Å². The number of fused-ring (bicyclic) bond motifs is 1. The largest absolute Gasteiger partial charge is 0.302 e. The van der Waals surface area contributed by atoms with Gasteiger partial charge in [0.1, 0.15) is 0 Å². The van der Waals surface area contributed by atoms with E-state index < -0.39 is 10.0 Å². The van der Waals surface area contributed by atoms with Gasteiger partial charge in [-0.15, -0.1) is 0 Å². The summed E-state index contributed by atoms with van der Waals surface area (Å²) in [6, 6.07) is 4.72. The molecule has 1 aromatic heterocycles. The second-order valence-electron chi connectivity index (χ2n) is 8.76. The number of hydrogen-bond donors (Lipinski definition) is 1. The van der Waals surface area contributed by atoms with E-state index in [1.165, 1.54) is 47.7 Å². The third kappa shape index (κ3) is 5.39. The predicted molar refractivity (Wildman–Crippen MR) is 123 cm³/mol. The lowest BCUT2D eigenvalue weighted by Crippen LogP contribution is -2.41. The van der Waals surface area contributed by atoms with Crippen molar-refractivity contribution in [1.29, 1.82) is 0 Å². The molecule has 30 heavy (non-hydrogen) atoms. The van der Waals surface area contributed by atoms with Gasteiger partial charge in [-0.2, -0.15) is 4.31 Å². The summed E-state index contributed by atoms with van der Waals surface area (Å²) in [4.78, 5) is 17.1. The first-order valence-corrected chi connectivity index (χ1v) is 13.2. The average Bonchev–Trinajstić information content (AvgIpc) is 3.07. The molecule has 1 saturated carbocycles. The molecular weight excluding hydrogens is 418 g/mol. The summed E-state index contributed by atoms with van der Waals surface area (Å²) in [5.74, 6) is 0.649. The minimum Gasteiger partial charge on any atom is -0.302 e. The Balaban J connectivity index is 1.71. The highest BCUT2D eigenvalue weighted by molar-refractivity contribution is 7.89. The molecule has 1 fully saturated rings. The van der Waals surface area contributed by atoms with E-state index in [1.54, 1.807) is 18.2 Å². The quantitative estimate of drug-likeness (QED) is 0.582. The molecule has 0 saturated heterocycles. The summed E-state index contributed by atoms with van der Waals surface area (Å²) in [5.41, 5.74) is 0.696. The maximum Gasteiger partial charge on any atom is 0.243 e. The Hall–Kier alpha value is -1.51. The van der Waals surface area contributed by atoms with E-state index >= 15 is 0 Å². The van der Waals surface area contributed by atoms with E-state index in [-0.39, 0.29) is 22.9 Å². The van der Waals surface area contributed by atoms with Crippen LogP contribution in [0, 0.1) is 5.92 Å². The molecule has 0 spiro atoms. The van der Waals surface area contributed by atoms with Crippen LogP contribution in [0.15, 0.2) is 23.1 Å². The fourth-order valence-electron chi connectivity index (χ4n) is 4.38. The van der Waals surface area contributed by atoms with Crippen molar-refractivity contribution in [2.24, 2.45) is 5.92 Å². The second-order valence-corrected chi connectivity index (χ2v) is 11.6. The number of amides is 1. The average molecular weight is 452 g/mol. The molecule has 0 unspecified atom stereocenters. The molecule has 1 aliphatic carbocycles. The lowest BCUT2D eigenvalue weighted by Gasteiger charge is -2.29. The number of carbonyl (C=O) groups is 1. The number of thiazole rings is 1. The number of sulfonamides is 1. The van der Waals surface area contributed by atoms with E-state index in [0.29, 0.717) is 23.0 Å². The van der Waals surface area contributed by atoms with Gasteiger partial charge in [0.05, 0.1) is 15.1 Å². The number of carbonyl (C=O) groups excluding carboxylic acids is 1. The molecule has 0 aliphatic heterocycles. The van der Waals surface area contributed by atoms with E-state index in [0.717, 1.165) is 11.1 Å². The summed E-state index contributed by atoms with van der Waals surface area (Å²) >= 11 is 1.32. The zero-order chi connectivity index (χ0) is 21.9. The van der Waals surface area contributed by atoms with Crippen molar-refractivity contribution in [1.82, 2.24) is 9.29 Å². The van der Waals surface area contributed by atoms with Gasteiger partial charge < -0.3 is 5.32 Å². The summed E-state index contributed by atoms with van der Waals surface area (Å²) < 4.78 is 28.5. The topological polar surface area (TPSA) is 79.4 Å². The Morgan fingerprint density at radius 2 is 1.83 bits per heavy atom. The van der Waals surface area contributed by atoms with Gasteiger partial charge in [-0.25, -0.2) is 13.4 Å². The van der Waals surface area contributed by atoms with Gasteiger partial charge in [0.2, 0.25) is 15.9 Å². The third-order valence-corrected chi connectivity index (χ3v) is 8.89. The van der Waals surface area contributed by atoms with Crippen LogP contribution in [0.25, 0.3) is 10.2 Å². The van der Waals surface area contributed by atoms with Crippen LogP contribution in [0.2, 0.25) is 0 Å². The number of benzene rings is 1. The van der Waals surface area contributed by atoms with Crippen molar-refractivity contribution in [3.63, 3.8) is 0 Å². The molecule has 1 N–H and O–H groups in total. The number of anilines is 1. The molecule has 166 valence electrons. The lowest BCUT2D eigenvalue weighted by molar-refractivity contribution is -0.116. The van der Waals surface area contributed by atoms with Crippen LogP contribution in [0.3, 0.4) is 0 Å². The summed E-state index contributed by atoms with van der Waals surface area (Å²) in [6.07, 6.45) is 7.78. The maximum absolute atomic E-state index is 13.1. The van der Waals surface area contributed by atoms with E-state index in [2.05, 4.69) is 10.3 Å². The van der Waals surface area contributed by atoms with Gasteiger partial charge in [0.25, 0.3) is 0 Å². The highest BCUT2D eigenvalue weighted by Crippen LogP contribution is 2.31. The van der Waals surface area contributed by atoms with Crippen LogP contribution in [-0.4, -0.2) is 35.7 Å². The first-order valence-electron chi connectivity index (χ1n) is 10.9. The Morgan fingerprint density at radius 1 is 1.17 bits per heavy atom. The standard InChI is InChI=1S/C22H33N3O3S2/c1-15(2)25(16(3)4)30(27,28)18-11-12-19-20(14-18)29-22(23-19)24-21(26)13-10-17-8-6-5-7-9-17/h11-12,14-17H,5-10,13H2,1-4H3,(H,23,24,26). The number of rotatable bonds is 8. The van der Waals surface area contributed by atoms with Crippen molar-refractivity contribution >= 4 is 42.6 Å². The highest BCUT2D eigenvalue weighted by atomic mass is 32.2. The van der Waals surface area contributed by atoms with Gasteiger partial charge >= 0.3 is 0 Å². The monoisotopic (exact) mass is 451 g/mol. The molecule has 8 heteroatoms. The van der Waals surface area contributed by atoms with Gasteiger partial charge in [-0.3, -0.25) is 4.79 Å². The van der Waals surface area contributed by atoms with Crippen LogP contribution >= 0.6 is 11.3 Å². The molecule has 0 bridgehead atoms. The Bertz CT molecular complexity index is 969. The molecular formula is C22H33N3O3S2. The van der Waals surface area contributed by atoms with Crippen molar-refractivity contribution < 1.29 is 13.2 Å². The zero-order valence-corrected chi connectivity index (χ0v) is 20.0. The third-order valence-electron chi connectivity index (χ3n) is 5.70. The molecule has 6 nitrogen and oxygen atoms in total. The number of nitrogens with zero attached hydrogens (tertiary/aromatic N) is 2. The fourth-order valence-corrected chi connectivity index (χ4v) is 7.24. The molecule has 1 heterocycles. The number of nitrogens with one attached hydrogen (secondary N) is 1. The van der Waals surface area contributed by atoms with Crippen LogP contribution in [0.5, 0.6) is 0 Å². The summed E-state index contributed by atoms with van der Waals surface area (Å²) in [7, 11) is -3.60. The minimum atomic E-state index is -3.60. The summed E-state index contributed by atoms with van der Waals surface area (Å²) in [6.45, 7) is 7.51. The van der Waals surface area contributed by atoms with Crippen molar-refractivity contribution in [2.75, 3.05) is 5.32 Å². The Kier molecular flexibility index (Phi) is 7.52. The van der Waals surface area contributed by atoms with Gasteiger partial charge in [0.15, 0.2) is 5.13 Å². The van der Waals surface area contributed by atoms with Gasteiger partial charge in [-0.1, -0.05) is 43.4 Å². The first kappa shape index (κ1) is 23.2. The molecule has 2 aromatic rings. The van der Waals surface area contributed by atoms with Crippen molar-refractivity contribution in [2.45, 2.75) is 89.6 Å². The molecule has 1 aliphatic rings. The van der Waals surface area contributed by atoms with Crippen LogP contribution in [0.1, 0.15) is 72.6 Å². The van der Waals surface area contributed by atoms with E-state index in [1.807, 2.05) is 27.7 Å². The van der Waals surface area contributed by atoms with E-state index in [4.69, 9.17) is 0 Å². The molecule has 1 aromatic carbocycles. The van der Waals surface area contributed by atoms with Gasteiger partial charge in [0, 0.05) is 18.5 Å². The number of hydrogen-bond acceptors (Lipinski definition) is 5. The molecule has 0 radical (unpaired) electrons. The Morgan fingerprint density at radius 3 is 2.47 bits per heavy atom. The SMILES string of the molecule is CC(C)N(C(C)C)S(=O)(=O)c1ccc2nc(NC(=O)CCC3CCCCC3)sc2c1. The highest BCUT2D eigenvalue weighted by Gasteiger charge is 2.29. The lowest BCUT2D eigenvalue weighted by atomic mass is 9.86. The maximum atomic E-state index is 13.1. The molecule has 3 rings (SSSR count). The second kappa shape index (κ2) is 9.75. The first-order chi connectivity index (χ1) is 14.2. The fraction of sp³-hybridized carbons (Fsp3) is 0.636. The van der Waals surface area contributed by atoms with Gasteiger partial charge in [-0.05, 0) is 58.2 Å². The smallest absolute Gasteiger partial charge is 0.243 e. The molecule has 0 atom stereocenters. The number of aromatic nitrogens is 1. The van der Waals surface area contributed by atoms with E-state index in [9.17, 15) is 13.2 Å². The summed E-state index contributed by atoms with van der Waals surface area (Å²) in [5, 5.41) is 3.42. The van der Waals surface area contributed by atoms with Crippen molar-refractivity contribution in [3.8, 4) is 0 Å².